The van der Waals surface area contributed by atoms with Crippen molar-refractivity contribution < 1.29 is 5.11 Å². The molecule has 0 spiro atoms. The van der Waals surface area contributed by atoms with Crippen LogP contribution in [0, 0.1) is 6.92 Å². The van der Waals surface area contributed by atoms with Crippen LogP contribution in [0.5, 0.6) is 0 Å². The minimum absolute atomic E-state index is 0.456. The molecule has 0 aliphatic rings. The summed E-state index contributed by atoms with van der Waals surface area (Å²) in [5.74, 6) is 0. The SMILES string of the molecule is CCCCC=C[C@H](O)c1ccc(C)cc1. The molecule has 0 aliphatic carbocycles. The first-order valence-corrected chi connectivity index (χ1v) is 5.65. The monoisotopic (exact) mass is 204 g/mol. The van der Waals surface area contributed by atoms with Gasteiger partial charge in [-0.05, 0) is 18.9 Å². The fourth-order valence-electron chi connectivity index (χ4n) is 1.42. The average molecular weight is 204 g/mol. The molecule has 1 aromatic rings. The van der Waals surface area contributed by atoms with Gasteiger partial charge in [-0.3, -0.25) is 0 Å². The Hall–Kier alpha value is -1.08. The lowest BCUT2D eigenvalue weighted by Crippen LogP contribution is -1.92. The van der Waals surface area contributed by atoms with E-state index in [9.17, 15) is 5.11 Å². The summed E-state index contributed by atoms with van der Waals surface area (Å²) in [6.45, 7) is 4.22. The Bertz CT molecular complexity index is 298. The molecule has 0 saturated heterocycles. The molecule has 0 amide bonds. The number of allylic oxidation sites excluding steroid dienone is 1. The van der Waals surface area contributed by atoms with Gasteiger partial charge in [0.1, 0.15) is 0 Å². The smallest absolute Gasteiger partial charge is 0.0971 e. The zero-order valence-electron chi connectivity index (χ0n) is 9.61. The van der Waals surface area contributed by atoms with Gasteiger partial charge in [-0.25, -0.2) is 0 Å². The maximum Gasteiger partial charge on any atom is 0.0971 e. The van der Waals surface area contributed by atoms with Crippen LogP contribution in [0.4, 0.5) is 0 Å². The predicted octanol–water partition coefficient (Wildman–Crippen LogP) is 3.77. The van der Waals surface area contributed by atoms with Crippen molar-refractivity contribution in [2.75, 3.05) is 0 Å². The van der Waals surface area contributed by atoms with E-state index in [1.54, 1.807) is 0 Å². The fraction of sp³-hybridized carbons (Fsp3) is 0.429. The molecule has 0 aliphatic heterocycles. The second-order valence-electron chi connectivity index (χ2n) is 3.93. The Labute approximate surface area is 92.5 Å². The zero-order valence-corrected chi connectivity index (χ0v) is 9.61. The standard InChI is InChI=1S/C14H20O/c1-3-4-5-6-7-14(15)13-10-8-12(2)9-11-13/h6-11,14-15H,3-5H2,1-2H3/t14-/m0/s1. The van der Waals surface area contributed by atoms with Crippen molar-refractivity contribution >= 4 is 0 Å². The third kappa shape index (κ3) is 4.30. The number of aliphatic hydroxyl groups is 1. The normalized spacial score (nSPS) is 13.3. The summed E-state index contributed by atoms with van der Waals surface area (Å²) in [5, 5.41) is 9.82. The van der Waals surface area contributed by atoms with Crippen LogP contribution in [0.1, 0.15) is 43.4 Å². The van der Waals surface area contributed by atoms with E-state index < -0.39 is 6.10 Å². The highest BCUT2D eigenvalue weighted by molar-refractivity contribution is 5.25. The summed E-state index contributed by atoms with van der Waals surface area (Å²) in [4.78, 5) is 0. The molecule has 0 heterocycles. The first-order valence-electron chi connectivity index (χ1n) is 5.65. The van der Waals surface area contributed by atoms with E-state index in [1.807, 2.05) is 37.3 Å². The average Bonchev–Trinajstić information content (AvgIpc) is 2.25. The summed E-state index contributed by atoms with van der Waals surface area (Å²) in [6.07, 6.45) is 6.93. The van der Waals surface area contributed by atoms with Gasteiger partial charge in [-0.2, -0.15) is 0 Å². The molecule has 0 fully saturated rings. The van der Waals surface area contributed by atoms with Gasteiger partial charge >= 0.3 is 0 Å². The van der Waals surface area contributed by atoms with E-state index in [2.05, 4.69) is 13.0 Å². The summed E-state index contributed by atoms with van der Waals surface area (Å²) >= 11 is 0. The summed E-state index contributed by atoms with van der Waals surface area (Å²) < 4.78 is 0. The minimum atomic E-state index is -0.456. The Kier molecular flexibility index (Phi) is 5.13. The summed E-state index contributed by atoms with van der Waals surface area (Å²) in [7, 11) is 0. The van der Waals surface area contributed by atoms with E-state index in [-0.39, 0.29) is 0 Å². The van der Waals surface area contributed by atoms with Gasteiger partial charge in [0.2, 0.25) is 0 Å². The molecule has 1 atom stereocenters. The van der Waals surface area contributed by atoms with Gasteiger partial charge in [-0.15, -0.1) is 0 Å². The highest BCUT2D eigenvalue weighted by Crippen LogP contribution is 2.15. The van der Waals surface area contributed by atoms with Crippen LogP contribution < -0.4 is 0 Å². The number of unbranched alkanes of at least 4 members (excludes halogenated alkanes) is 2. The van der Waals surface area contributed by atoms with E-state index in [4.69, 9.17) is 0 Å². The number of hydrogen-bond acceptors (Lipinski definition) is 1. The quantitative estimate of drug-likeness (QED) is 0.571. The maximum absolute atomic E-state index is 9.82. The third-order valence-corrected chi connectivity index (χ3v) is 2.46. The zero-order chi connectivity index (χ0) is 11.1. The molecule has 1 nitrogen and oxygen atoms in total. The lowest BCUT2D eigenvalue weighted by Gasteiger charge is -2.05. The largest absolute Gasteiger partial charge is 0.384 e. The molecule has 15 heavy (non-hydrogen) atoms. The molecule has 0 bridgehead atoms. The predicted molar refractivity (Wildman–Crippen MR) is 64.8 cm³/mol. The van der Waals surface area contributed by atoms with Crippen LogP contribution in [0.25, 0.3) is 0 Å². The number of benzene rings is 1. The van der Waals surface area contributed by atoms with Crippen molar-refractivity contribution in [3.63, 3.8) is 0 Å². The second-order valence-corrected chi connectivity index (χ2v) is 3.93. The summed E-state index contributed by atoms with van der Waals surface area (Å²) in [5.41, 5.74) is 2.19. The van der Waals surface area contributed by atoms with E-state index >= 15 is 0 Å². The van der Waals surface area contributed by atoms with Crippen LogP contribution in [-0.2, 0) is 0 Å². The van der Waals surface area contributed by atoms with Crippen molar-refractivity contribution in [3.8, 4) is 0 Å². The van der Waals surface area contributed by atoms with Crippen LogP contribution in [0.3, 0.4) is 0 Å². The molecular weight excluding hydrogens is 184 g/mol. The van der Waals surface area contributed by atoms with Crippen molar-refractivity contribution in [2.24, 2.45) is 0 Å². The van der Waals surface area contributed by atoms with Gasteiger partial charge in [0, 0.05) is 0 Å². The number of aryl methyl sites for hydroxylation is 1. The van der Waals surface area contributed by atoms with Crippen LogP contribution in [0.15, 0.2) is 36.4 Å². The van der Waals surface area contributed by atoms with Crippen molar-refractivity contribution in [3.05, 3.63) is 47.5 Å². The molecule has 82 valence electrons. The minimum Gasteiger partial charge on any atom is -0.384 e. The van der Waals surface area contributed by atoms with Crippen LogP contribution in [0.2, 0.25) is 0 Å². The van der Waals surface area contributed by atoms with Gasteiger partial charge < -0.3 is 5.11 Å². The third-order valence-electron chi connectivity index (χ3n) is 2.46. The van der Waals surface area contributed by atoms with Crippen molar-refractivity contribution in [1.82, 2.24) is 0 Å². The molecule has 0 radical (unpaired) electrons. The van der Waals surface area contributed by atoms with Gasteiger partial charge in [-0.1, -0.05) is 61.7 Å². The Morgan fingerprint density at radius 2 is 1.93 bits per heavy atom. The Balaban J connectivity index is 2.49. The highest BCUT2D eigenvalue weighted by atomic mass is 16.3. The molecule has 0 aromatic heterocycles. The van der Waals surface area contributed by atoms with E-state index in [1.165, 1.54) is 18.4 Å². The molecule has 1 heteroatoms. The first-order chi connectivity index (χ1) is 7.24. The summed E-state index contributed by atoms with van der Waals surface area (Å²) in [6, 6.07) is 8.01. The van der Waals surface area contributed by atoms with Crippen molar-refractivity contribution in [1.29, 1.82) is 0 Å². The number of hydrogen-bond donors (Lipinski definition) is 1. The van der Waals surface area contributed by atoms with Gasteiger partial charge in [0.05, 0.1) is 6.10 Å². The highest BCUT2D eigenvalue weighted by Gasteiger charge is 2.01. The molecule has 1 rings (SSSR count). The van der Waals surface area contributed by atoms with Crippen molar-refractivity contribution in [2.45, 2.75) is 39.2 Å². The molecular formula is C14H20O. The van der Waals surface area contributed by atoms with Crippen LogP contribution in [-0.4, -0.2) is 5.11 Å². The maximum atomic E-state index is 9.82. The number of rotatable bonds is 5. The fourth-order valence-corrected chi connectivity index (χ4v) is 1.42. The van der Waals surface area contributed by atoms with E-state index in [0.717, 1.165) is 12.0 Å². The topological polar surface area (TPSA) is 20.2 Å². The first kappa shape index (κ1) is 12.0. The lowest BCUT2D eigenvalue weighted by atomic mass is 10.1. The lowest BCUT2D eigenvalue weighted by molar-refractivity contribution is 0.228. The molecule has 0 saturated carbocycles. The number of aliphatic hydroxyl groups excluding tert-OH is 1. The Morgan fingerprint density at radius 3 is 2.53 bits per heavy atom. The van der Waals surface area contributed by atoms with Gasteiger partial charge in [0.25, 0.3) is 0 Å². The van der Waals surface area contributed by atoms with E-state index in [0.29, 0.717) is 0 Å². The molecule has 1 aromatic carbocycles. The molecule has 1 N–H and O–H groups in total. The molecule has 0 unspecified atom stereocenters. The van der Waals surface area contributed by atoms with Gasteiger partial charge in [0.15, 0.2) is 0 Å². The van der Waals surface area contributed by atoms with Crippen LogP contribution >= 0.6 is 0 Å². The second kappa shape index (κ2) is 6.41. The Morgan fingerprint density at radius 1 is 1.27 bits per heavy atom.